The topological polar surface area (TPSA) is 53.9 Å². The van der Waals surface area contributed by atoms with Crippen molar-refractivity contribution >= 4 is 35.3 Å². The van der Waals surface area contributed by atoms with Crippen molar-refractivity contribution in [2.45, 2.75) is 0 Å². The van der Waals surface area contributed by atoms with Gasteiger partial charge in [0.25, 0.3) is 0 Å². The number of anilines is 2. The van der Waals surface area contributed by atoms with Crippen LogP contribution in [0.2, 0.25) is 5.28 Å². The molecule has 0 aliphatic rings. The Bertz CT molecular complexity index is 372. The molecule has 1 aromatic heterocycles. The molecule has 94 valence electrons. The third-order valence-corrected chi connectivity index (χ3v) is 2.89. The average Bonchev–Trinajstić information content (AvgIpc) is 2.28. The van der Waals surface area contributed by atoms with Crippen LogP contribution in [0.25, 0.3) is 0 Å². The summed E-state index contributed by atoms with van der Waals surface area (Å²) in [4.78, 5) is 14.0. The van der Waals surface area contributed by atoms with E-state index in [2.05, 4.69) is 26.8 Å². The molecular formula is C10H16ClN5S. The first-order valence-electron chi connectivity index (χ1n) is 5.15. The Morgan fingerprint density at radius 3 is 2.82 bits per heavy atom. The van der Waals surface area contributed by atoms with Crippen LogP contribution in [0.1, 0.15) is 0 Å². The molecule has 1 heterocycles. The Hall–Kier alpha value is -1.01. The van der Waals surface area contributed by atoms with Gasteiger partial charge in [0, 0.05) is 32.1 Å². The molecule has 5 nitrogen and oxygen atoms in total. The molecule has 0 unspecified atom stereocenters. The van der Waals surface area contributed by atoms with Crippen molar-refractivity contribution < 1.29 is 0 Å². The minimum atomic E-state index is 0.199. The molecule has 0 aromatic carbocycles. The molecule has 0 aliphatic carbocycles. The van der Waals surface area contributed by atoms with Crippen LogP contribution in [-0.4, -0.2) is 47.1 Å². The van der Waals surface area contributed by atoms with Gasteiger partial charge in [-0.1, -0.05) is 6.08 Å². The highest BCUT2D eigenvalue weighted by Gasteiger charge is 2.05. The minimum absolute atomic E-state index is 0.199. The zero-order chi connectivity index (χ0) is 12.7. The first-order valence-corrected chi connectivity index (χ1v) is 6.68. The number of hydrogen-bond donors (Lipinski definition) is 1. The van der Waals surface area contributed by atoms with Crippen molar-refractivity contribution in [1.29, 1.82) is 0 Å². The SMILES string of the molecule is C=CCSCCNc1nc(Cl)nc(N(C)C)n1. The third kappa shape index (κ3) is 5.23. The van der Waals surface area contributed by atoms with Crippen molar-refractivity contribution in [3.8, 4) is 0 Å². The molecule has 0 saturated heterocycles. The van der Waals surface area contributed by atoms with Gasteiger partial charge in [0.05, 0.1) is 0 Å². The maximum atomic E-state index is 5.81. The van der Waals surface area contributed by atoms with E-state index in [1.54, 1.807) is 16.7 Å². The van der Waals surface area contributed by atoms with Crippen LogP contribution in [-0.2, 0) is 0 Å². The largest absolute Gasteiger partial charge is 0.353 e. The van der Waals surface area contributed by atoms with Gasteiger partial charge in [0.2, 0.25) is 17.2 Å². The van der Waals surface area contributed by atoms with E-state index in [1.807, 2.05) is 20.2 Å². The van der Waals surface area contributed by atoms with Gasteiger partial charge in [-0.3, -0.25) is 0 Å². The number of nitrogens with zero attached hydrogens (tertiary/aromatic N) is 4. The summed E-state index contributed by atoms with van der Waals surface area (Å²) in [5.41, 5.74) is 0. The summed E-state index contributed by atoms with van der Waals surface area (Å²) in [6, 6.07) is 0. The molecular weight excluding hydrogens is 258 g/mol. The van der Waals surface area contributed by atoms with Crippen molar-refractivity contribution in [2.24, 2.45) is 0 Å². The van der Waals surface area contributed by atoms with Crippen LogP contribution >= 0.6 is 23.4 Å². The number of nitrogens with one attached hydrogen (secondary N) is 1. The first-order chi connectivity index (χ1) is 8.13. The van der Waals surface area contributed by atoms with E-state index >= 15 is 0 Å². The molecule has 0 radical (unpaired) electrons. The molecule has 0 amide bonds. The van der Waals surface area contributed by atoms with E-state index in [0.717, 1.165) is 18.1 Å². The van der Waals surface area contributed by atoms with Gasteiger partial charge in [-0.2, -0.15) is 26.7 Å². The van der Waals surface area contributed by atoms with Gasteiger partial charge in [0.15, 0.2) is 0 Å². The third-order valence-electron chi connectivity index (χ3n) is 1.76. The highest BCUT2D eigenvalue weighted by Crippen LogP contribution is 2.11. The van der Waals surface area contributed by atoms with Crippen molar-refractivity contribution in [2.75, 3.05) is 42.4 Å². The number of thioether (sulfide) groups is 1. The van der Waals surface area contributed by atoms with E-state index < -0.39 is 0 Å². The van der Waals surface area contributed by atoms with Crippen molar-refractivity contribution in [1.82, 2.24) is 15.0 Å². The second-order valence-corrected chi connectivity index (χ2v) is 4.90. The Morgan fingerprint density at radius 2 is 2.18 bits per heavy atom. The van der Waals surface area contributed by atoms with Gasteiger partial charge in [-0.15, -0.1) is 6.58 Å². The molecule has 1 rings (SSSR count). The van der Waals surface area contributed by atoms with Gasteiger partial charge in [-0.05, 0) is 11.6 Å². The summed E-state index contributed by atoms with van der Waals surface area (Å²) in [5.74, 6) is 2.97. The summed E-state index contributed by atoms with van der Waals surface area (Å²) >= 11 is 7.60. The molecule has 0 saturated carbocycles. The molecule has 0 aliphatic heterocycles. The fourth-order valence-corrected chi connectivity index (χ4v) is 1.76. The lowest BCUT2D eigenvalue weighted by atomic mass is 10.7. The van der Waals surface area contributed by atoms with E-state index in [0.29, 0.717) is 11.9 Å². The molecule has 7 heteroatoms. The van der Waals surface area contributed by atoms with Crippen LogP contribution in [0.5, 0.6) is 0 Å². The number of rotatable bonds is 7. The van der Waals surface area contributed by atoms with Crippen LogP contribution in [0.3, 0.4) is 0 Å². The smallest absolute Gasteiger partial charge is 0.230 e. The van der Waals surface area contributed by atoms with Gasteiger partial charge in [0.1, 0.15) is 0 Å². The second kappa shape index (κ2) is 7.34. The second-order valence-electron chi connectivity index (χ2n) is 3.41. The lowest BCUT2D eigenvalue weighted by Gasteiger charge is -2.11. The molecule has 17 heavy (non-hydrogen) atoms. The van der Waals surface area contributed by atoms with Crippen LogP contribution in [0.4, 0.5) is 11.9 Å². The predicted molar refractivity (Wildman–Crippen MR) is 75.2 cm³/mol. The summed E-state index contributed by atoms with van der Waals surface area (Å²) in [6.45, 7) is 4.45. The summed E-state index contributed by atoms with van der Waals surface area (Å²) in [6.07, 6.45) is 1.88. The highest BCUT2D eigenvalue weighted by atomic mass is 35.5. The quantitative estimate of drug-likeness (QED) is 0.605. The normalized spacial score (nSPS) is 10.1. The van der Waals surface area contributed by atoms with Crippen LogP contribution in [0.15, 0.2) is 12.7 Å². The van der Waals surface area contributed by atoms with Crippen LogP contribution in [0, 0.1) is 0 Å². The molecule has 0 atom stereocenters. The Balaban J connectivity index is 2.50. The first kappa shape index (κ1) is 14.1. The maximum Gasteiger partial charge on any atom is 0.230 e. The lowest BCUT2D eigenvalue weighted by Crippen LogP contribution is -2.16. The number of hydrogen-bond acceptors (Lipinski definition) is 6. The summed E-state index contributed by atoms with van der Waals surface area (Å²) < 4.78 is 0. The highest BCUT2D eigenvalue weighted by molar-refractivity contribution is 7.99. The van der Waals surface area contributed by atoms with E-state index in [4.69, 9.17) is 11.6 Å². The molecule has 0 spiro atoms. The average molecular weight is 274 g/mol. The van der Waals surface area contributed by atoms with Crippen LogP contribution < -0.4 is 10.2 Å². The summed E-state index contributed by atoms with van der Waals surface area (Å²) in [7, 11) is 3.71. The molecule has 1 aromatic rings. The Labute approximate surface area is 111 Å². The maximum absolute atomic E-state index is 5.81. The van der Waals surface area contributed by atoms with Crippen molar-refractivity contribution in [3.05, 3.63) is 17.9 Å². The van der Waals surface area contributed by atoms with Gasteiger partial charge >= 0.3 is 0 Å². The fraction of sp³-hybridized carbons (Fsp3) is 0.500. The monoisotopic (exact) mass is 273 g/mol. The fourth-order valence-electron chi connectivity index (χ4n) is 1.02. The molecule has 1 N–H and O–H groups in total. The molecule has 0 fully saturated rings. The Kier molecular flexibility index (Phi) is 6.07. The zero-order valence-corrected chi connectivity index (χ0v) is 11.6. The van der Waals surface area contributed by atoms with E-state index in [-0.39, 0.29) is 5.28 Å². The minimum Gasteiger partial charge on any atom is -0.353 e. The molecule has 0 bridgehead atoms. The van der Waals surface area contributed by atoms with Gasteiger partial charge < -0.3 is 10.2 Å². The van der Waals surface area contributed by atoms with Crippen molar-refractivity contribution in [3.63, 3.8) is 0 Å². The van der Waals surface area contributed by atoms with E-state index in [1.165, 1.54) is 0 Å². The predicted octanol–water partition coefficient (Wildman–Crippen LogP) is 1.92. The standard InChI is InChI=1S/C10H16ClN5S/c1-4-6-17-7-5-12-9-13-8(11)14-10(15-9)16(2)3/h4H,1,5-7H2,2-3H3,(H,12,13,14,15). The number of aromatic nitrogens is 3. The Morgan fingerprint density at radius 1 is 1.41 bits per heavy atom. The lowest BCUT2D eigenvalue weighted by molar-refractivity contribution is 0.949. The zero-order valence-electron chi connectivity index (χ0n) is 9.98. The summed E-state index contributed by atoms with van der Waals surface area (Å²) in [5, 5.41) is 3.31. The van der Waals surface area contributed by atoms with E-state index in [9.17, 15) is 0 Å². The van der Waals surface area contributed by atoms with Gasteiger partial charge in [-0.25, -0.2) is 0 Å². The number of halogens is 1.